The van der Waals surface area contributed by atoms with E-state index in [9.17, 15) is 9.59 Å². The maximum atomic E-state index is 11.1. The topological polar surface area (TPSA) is 52.6 Å². The molecule has 4 heteroatoms. The van der Waals surface area contributed by atoms with E-state index in [1.54, 1.807) is 0 Å². The summed E-state index contributed by atoms with van der Waals surface area (Å²) < 4.78 is 9.34. The van der Waals surface area contributed by atoms with Crippen LogP contribution in [0.2, 0.25) is 0 Å². The van der Waals surface area contributed by atoms with Crippen molar-refractivity contribution < 1.29 is 19.1 Å². The second-order valence-electron chi connectivity index (χ2n) is 6.06. The Morgan fingerprint density at radius 3 is 1.04 bits per heavy atom. The van der Waals surface area contributed by atoms with E-state index in [1.807, 2.05) is 0 Å². The van der Waals surface area contributed by atoms with Gasteiger partial charge in [-0.2, -0.15) is 0 Å². The van der Waals surface area contributed by atoms with Crippen molar-refractivity contribution in [2.24, 2.45) is 0 Å². The largest absolute Gasteiger partial charge is 0.435 e. The van der Waals surface area contributed by atoms with Crippen molar-refractivity contribution in [2.75, 3.05) is 0 Å². The van der Waals surface area contributed by atoms with Gasteiger partial charge >= 0.3 is 11.9 Å². The first-order chi connectivity index (χ1) is 11.7. The molecule has 0 aromatic heterocycles. The zero-order chi connectivity index (χ0) is 17.9. The van der Waals surface area contributed by atoms with Gasteiger partial charge in [0.05, 0.1) is 12.5 Å². The number of carbonyl (C=O) groups excluding carboxylic acids is 2. The fraction of sp³-hybridized carbons (Fsp3) is 0.700. The lowest BCUT2D eigenvalue weighted by atomic mass is 10.0. The van der Waals surface area contributed by atoms with E-state index in [0.717, 1.165) is 25.7 Å². The van der Waals surface area contributed by atoms with Crippen LogP contribution in [0.15, 0.2) is 25.7 Å². The van der Waals surface area contributed by atoms with E-state index in [2.05, 4.69) is 22.6 Å². The quantitative estimate of drug-likeness (QED) is 0.190. The van der Waals surface area contributed by atoms with Crippen molar-refractivity contribution in [1.29, 1.82) is 0 Å². The summed E-state index contributed by atoms with van der Waals surface area (Å²) in [5, 5.41) is 0. The van der Waals surface area contributed by atoms with E-state index < -0.39 is 0 Å². The molecule has 0 atom stereocenters. The maximum Gasteiger partial charge on any atom is 0.310 e. The third-order valence-corrected chi connectivity index (χ3v) is 3.94. The Bertz CT molecular complexity index is 316. The summed E-state index contributed by atoms with van der Waals surface area (Å²) >= 11 is 0. The SMILES string of the molecule is C=COC(=O)CCCCCCCCCCCCCCC(=O)OC=C. The molecule has 0 fully saturated rings. The third kappa shape index (κ3) is 16.8. The van der Waals surface area contributed by atoms with Crippen LogP contribution in [0.1, 0.15) is 89.9 Å². The molecule has 0 radical (unpaired) electrons. The van der Waals surface area contributed by atoms with Crippen molar-refractivity contribution in [3.63, 3.8) is 0 Å². The second-order valence-corrected chi connectivity index (χ2v) is 6.06. The molecule has 0 unspecified atom stereocenters. The molecule has 0 heterocycles. The molecular weight excluding hydrogens is 304 g/mol. The van der Waals surface area contributed by atoms with Crippen LogP contribution in [0, 0.1) is 0 Å². The van der Waals surface area contributed by atoms with Crippen molar-refractivity contribution in [1.82, 2.24) is 0 Å². The van der Waals surface area contributed by atoms with Crippen LogP contribution in [0.25, 0.3) is 0 Å². The van der Waals surface area contributed by atoms with Crippen molar-refractivity contribution in [3.05, 3.63) is 25.7 Å². The second kappa shape index (κ2) is 17.8. The van der Waals surface area contributed by atoms with E-state index in [4.69, 9.17) is 0 Å². The van der Waals surface area contributed by atoms with Gasteiger partial charge in [0.1, 0.15) is 0 Å². The van der Waals surface area contributed by atoms with Crippen molar-refractivity contribution >= 4 is 11.9 Å². The molecule has 0 bridgehead atoms. The predicted molar refractivity (Wildman–Crippen MR) is 97.2 cm³/mol. The van der Waals surface area contributed by atoms with Crippen LogP contribution in [0.5, 0.6) is 0 Å². The Kier molecular flexibility index (Phi) is 16.6. The Morgan fingerprint density at radius 2 is 0.792 bits per heavy atom. The fourth-order valence-electron chi connectivity index (χ4n) is 2.61. The van der Waals surface area contributed by atoms with Crippen LogP contribution < -0.4 is 0 Å². The van der Waals surface area contributed by atoms with Gasteiger partial charge in [-0.3, -0.25) is 9.59 Å². The molecule has 138 valence electrons. The minimum Gasteiger partial charge on any atom is -0.435 e. The molecule has 0 rings (SSSR count). The van der Waals surface area contributed by atoms with Gasteiger partial charge in [0, 0.05) is 12.8 Å². The highest BCUT2D eigenvalue weighted by Gasteiger charge is 2.01. The standard InChI is InChI=1S/C20H34O4/c1-3-23-19(21)17-15-13-11-9-7-5-6-8-10-12-14-16-18-20(22)24-4-2/h3-4H,1-2,5-18H2. The highest BCUT2D eigenvalue weighted by molar-refractivity contribution is 5.70. The minimum absolute atomic E-state index is 0.178. The summed E-state index contributed by atoms with van der Waals surface area (Å²) in [6.07, 6.45) is 17.5. The van der Waals surface area contributed by atoms with Gasteiger partial charge in [0.15, 0.2) is 0 Å². The number of esters is 2. The van der Waals surface area contributed by atoms with Gasteiger partial charge in [-0.15, -0.1) is 0 Å². The number of ether oxygens (including phenoxy) is 2. The van der Waals surface area contributed by atoms with Crippen molar-refractivity contribution in [2.45, 2.75) is 89.9 Å². The number of hydrogen-bond acceptors (Lipinski definition) is 4. The van der Waals surface area contributed by atoms with Crippen LogP contribution in [0.3, 0.4) is 0 Å². The Labute approximate surface area is 147 Å². The number of unbranched alkanes of at least 4 members (excludes halogenated alkanes) is 11. The number of hydrogen-bond donors (Lipinski definition) is 0. The van der Waals surface area contributed by atoms with Crippen LogP contribution in [-0.2, 0) is 19.1 Å². The lowest BCUT2D eigenvalue weighted by Crippen LogP contribution is -1.98. The number of carbonyl (C=O) groups is 2. The monoisotopic (exact) mass is 338 g/mol. The lowest BCUT2D eigenvalue weighted by Gasteiger charge is -2.03. The Morgan fingerprint density at radius 1 is 0.542 bits per heavy atom. The van der Waals surface area contributed by atoms with E-state index in [0.29, 0.717) is 12.8 Å². The molecule has 0 saturated heterocycles. The van der Waals surface area contributed by atoms with Crippen molar-refractivity contribution in [3.8, 4) is 0 Å². The smallest absolute Gasteiger partial charge is 0.310 e. The molecule has 0 aromatic rings. The average Bonchev–Trinajstić information content (AvgIpc) is 2.55. The first kappa shape index (κ1) is 22.4. The average molecular weight is 338 g/mol. The summed E-state index contributed by atoms with van der Waals surface area (Å²) in [6.45, 7) is 6.73. The summed E-state index contributed by atoms with van der Waals surface area (Å²) in [4.78, 5) is 22.2. The molecule has 0 aliphatic rings. The summed E-state index contributed by atoms with van der Waals surface area (Å²) in [7, 11) is 0. The lowest BCUT2D eigenvalue weighted by molar-refractivity contribution is -0.139. The minimum atomic E-state index is -0.178. The normalized spacial score (nSPS) is 10.2. The summed E-state index contributed by atoms with van der Waals surface area (Å²) in [5.74, 6) is -0.356. The zero-order valence-electron chi connectivity index (χ0n) is 15.1. The summed E-state index contributed by atoms with van der Waals surface area (Å²) in [6, 6.07) is 0. The van der Waals surface area contributed by atoms with Gasteiger partial charge in [0.2, 0.25) is 0 Å². The first-order valence-corrected chi connectivity index (χ1v) is 9.31. The molecule has 0 aromatic carbocycles. The Hall–Kier alpha value is -1.58. The summed E-state index contributed by atoms with van der Waals surface area (Å²) in [5.41, 5.74) is 0. The molecule has 0 spiro atoms. The van der Waals surface area contributed by atoms with Gasteiger partial charge < -0.3 is 9.47 Å². The highest BCUT2D eigenvalue weighted by Crippen LogP contribution is 2.13. The molecule has 0 amide bonds. The first-order valence-electron chi connectivity index (χ1n) is 9.31. The number of rotatable bonds is 17. The van der Waals surface area contributed by atoms with Crippen LogP contribution >= 0.6 is 0 Å². The molecule has 4 nitrogen and oxygen atoms in total. The van der Waals surface area contributed by atoms with Crippen LogP contribution in [0.4, 0.5) is 0 Å². The van der Waals surface area contributed by atoms with Crippen LogP contribution in [-0.4, -0.2) is 11.9 Å². The molecule has 0 aliphatic heterocycles. The highest BCUT2D eigenvalue weighted by atomic mass is 16.5. The van der Waals surface area contributed by atoms with Gasteiger partial charge in [-0.25, -0.2) is 0 Å². The van der Waals surface area contributed by atoms with Gasteiger partial charge in [0.25, 0.3) is 0 Å². The Balaban J connectivity index is 3.12. The molecular formula is C20H34O4. The van der Waals surface area contributed by atoms with E-state index in [-0.39, 0.29) is 11.9 Å². The molecule has 24 heavy (non-hydrogen) atoms. The molecule has 0 N–H and O–H groups in total. The third-order valence-electron chi connectivity index (χ3n) is 3.94. The predicted octanol–water partition coefficient (Wildman–Crippen LogP) is 5.82. The maximum absolute atomic E-state index is 11.1. The van der Waals surface area contributed by atoms with E-state index in [1.165, 1.54) is 63.9 Å². The molecule has 0 saturated carbocycles. The van der Waals surface area contributed by atoms with Gasteiger partial charge in [-0.1, -0.05) is 77.4 Å². The fourth-order valence-corrected chi connectivity index (χ4v) is 2.61. The van der Waals surface area contributed by atoms with E-state index >= 15 is 0 Å². The molecule has 0 aliphatic carbocycles. The zero-order valence-corrected chi connectivity index (χ0v) is 15.1. The van der Waals surface area contributed by atoms with Gasteiger partial charge in [-0.05, 0) is 12.8 Å².